The van der Waals surface area contributed by atoms with E-state index in [0.29, 0.717) is 0 Å². The third kappa shape index (κ3) is 6.74. The molecule has 0 radical (unpaired) electrons. The number of hydrogen-bond donors (Lipinski definition) is 0. The van der Waals surface area contributed by atoms with E-state index in [9.17, 15) is 9.13 Å². The maximum absolute atomic E-state index is 14.7. The first kappa shape index (κ1) is 34.8. The van der Waals surface area contributed by atoms with Gasteiger partial charge in [-0.3, -0.25) is 9.98 Å². The third-order valence-electron chi connectivity index (χ3n) is 9.36. The summed E-state index contributed by atoms with van der Waals surface area (Å²) in [6.45, 7) is 3.99. The molecule has 52 heavy (non-hydrogen) atoms. The standard InChI is InChI=1S/C45H39N3O2P2/c1-34(46-36-24-28-42(29-25-36)51(49,38-16-8-4-9-17-38)39-18-10-5-11-19-39)44-32-33-45(48(44)3)35(2)47-37-26-30-43(31-27-37)52(50,40-20-12-6-13-21-40)41-22-14-7-15-23-41/h4-33H,1-3H3. The summed E-state index contributed by atoms with van der Waals surface area (Å²) in [5.74, 6) is 0. The Morgan fingerprint density at radius 2 is 0.635 bits per heavy atom. The quantitative estimate of drug-likeness (QED) is 0.105. The fourth-order valence-electron chi connectivity index (χ4n) is 6.66. The van der Waals surface area contributed by atoms with Crippen LogP contribution in [0.15, 0.2) is 192 Å². The molecular weight excluding hydrogens is 676 g/mol. The van der Waals surface area contributed by atoms with E-state index in [-0.39, 0.29) is 0 Å². The van der Waals surface area contributed by atoms with Crippen LogP contribution in [0, 0.1) is 0 Å². The van der Waals surface area contributed by atoms with E-state index in [1.165, 1.54) is 0 Å². The fraction of sp³-hybridized carbons (Fsp3) is 0.0667. The van der Waals surface area contributed by atoms with Gasteiger partial charge in [0.15, 0.2) is 14.3 Å². The number of nitrogens with zero attached hydrogens (tertiary/aromatic N) is 3. The van der Waals surface area contributed by atoms with E-state index in [1.54, 1.807) is 0 Å². The topological polar surface area (TPSA) is 63.8 Å². The van der Waals surface area contributed by atoms with Crippen LogP contribution in [0.5, 0.6) is 0 Å². The molecule has 6 aromatic carbocycles. The smallest absolute Gasteiger partial charge is 0.171 e. The molecule has 0 saturated carbocycles. The maximum atomic E-state index is 14.7. The van der Waals surface area contributed by atoms with Crippen LogP contribution >= 0.6 is 14.3 Å². The van der Waals surface area contributed by atoms with E-state index < -0.39 is 14.3 Å². The van der Waals surface area contributed by atoms with Crippen molar-refractivity contribution in [2.24, 2.45) is 17.0 Å². The Labute approximate surface area is 305 Å². The summed E-state index contributed by atoms with van der Waals surface area (Å²) < 4.78 is 31.6. The van der Waals surface area contributed by atoms with Crippen molar-refractivity contribution >= 4 is 68.9 Å². The molecule has 5 nitrogen and oxygen atoms in total. The van der Waals surface area contributed by atoms with Crippen LogP contribution in [0.4, 0.5) is 11.4 Å². The summed E-state index contributed by atoms with van der Waals surface area (Å²) in [6, 6.07) is 58.3. The van der Waals surface area contributed by atoms with Crippen molar-refractivity contribution in [2.45, 2.75) is 13.8 Å². The predicted octanol–water partition coefficient (Wildman–Crippen LogP) is 8.59. The van der Waals surface area contributed by atoms with Gasteiger partial charge in [-0.1, -0.05) is 121 Å². The van der Waals surface area contributed by atoms with Gasteiger partial charge in [-0.05, 0) is 74.5 Å². The van der Waals surface area contributed by atoms with Crippen molar-refractivity contribution in [1.82, 2.24) is 4.57 Å². The van der Waals surface area contributed by atoms with E-state index in [1.807, 2.05) is 191 Å². The number of aliphatic imine (C=N–C) groups is 2. The summed E-state index contributed by atoms with van der Waals surface area (Å²) in [5.41, 5.74) is 5.21. The van der Waals surface area contributed by atoms with Crippen LogP contribution in [0.25, 0.3) is 0 Å². The predicted molar refractivity (Wildman–Crippen MR) is 221 cm³/mol. The minimum Gasteiger partial charge on any atom is -0.342 e. The van der Waals surface area contributed by atoms with Crippen molar-refractivity contribution in [3.8, 4) is 0 Å². The molecule has 1 aromatic heterocycles. The van der Waals surface area contributed by atoms with Gasteiger partial charge in [0.25, 0.3) is 0 Å². The van der Waals surface area contributed by atoms with Gasteiger partial charge in [0.2, 0.25) is 0 Å². The molecule has 0 fully saturated rings. The highest BCUT2D eigenvalue weighted by Crippen LogP contribution is 2.43. The molecule has 0 bridgehead atoms. The van der Waals surface area contributed by atoms with Crippen molar-refractivity contribution in [3.63, 3.8) is 0 Å². The summed E-state index contributed by atoms with van der Waals surface area (Å²) >= 11 is 0. The molecule has 0 N–H and O–H groups in total. The van der Waals surface area contributed by atoms with E-state index in [0.717, 1.165) is 66.0 Å². The molecule has 0 amide bonds. The summed E-state index contributed by atoms with van der Waals surface area (Å²) in [7, 11) is -4.09. The highest BCUT2D eigenvalue weighted by molar-refractivity contribution is 7.85. The molecule has 1 heterocycles. The lowest BCUT2D eigenvalue weighted by atomic mass is 10.2. The average molecular weight is 716 g/mol. The number of aromatic nitrogens is 1. The first-order chi connectivity index (χ1) is 25.3. The van der Waals surface area contributed by atoms with Crippen LogP contribution in [-0.2, 0) is 16.2 Å². The van der Waals surface area contributed by atoms with Crippen LogP contribution in [0.2, 0.25) is 0 Å². The Bertz CT molecular complexity index is 2200. The van der Waals surface area contributed by atoms with E-state index in [4.69, 9.17) is 9.98 Å². The second kappa shape index (κ2) is 14.9. The van der Waals surface area contributed by atoms with Crippen molar-refractivity contribution < 1.29 is 9.13 Å². The summed E-state index contributed by atoms with van der Waals surface area (Å²) in [5, 5.41) is 4.75. The Hall–Kier alpha value is -5.60. The lowest BCUT2D eigenvalue weighted by molar-refractivity contribution is 0.591. The van der Waals surface area contributed by atoms with Crippen LogP contribution < -0.4 is 31.8 Å². The van der Waals surface area contributed by atoms with Gasteiger partial charge >= 0.3 is 0 Å². The van der Waals surface area contributed by atoms with Gasteiger partial charge in [-0.15, -0.1) is 0 Å². The molecule has 0 aliphatic carbocycles. The Kier molecular flexibility index (Phi) is 10.0. The second-order valence-corrected chi connectivity index (χ2v) is 18.2. The number of hydrogen-bond acceptors (Lipinski definition) is 4. The highest BCUT2D eigenvalue weighted by Gasteiger charge is 2.30. The summed E-state index contributed by atoms with van der Waals surface area (Å²) in [4.78, 5) is 9.88. The van der Waals surface area contributed by atoms with Crippen molar-refractivity contribution in [2.75, 3.05) is 0 Å². The summed E-state index contributed by atoms with van der Waals surface area (Å²) in [6.07, 6.45) is 0. The minimum absolute atomic E-state index is 0.769. The number of benzene rings is 6. The van der Waals surface area contributed by atoms with Crippen molar-refractivity contribution in [1.29, 1.82) is 0 Å². The second-order valence-electron chi connectivity index (χ2n) is 12.7. The van der Waals surface area contributed by atoms with Crippen LogP contribution in [0.1, 0.15) is 25.2 Å². The Morgan fingerprint density at radius 3 is 0.904 bits per heavy atom. The first-order valence-corrected chi connectivity index (χ1v) is 20.6. The Balaban J connectivity index is 1.13. The zero-order valence-electron chi connectivity index (χ0n) is 29.4. The molecule has 0 aliphatic heterocycles. The largest absolute Gasteiger partial charge is 0.342 e. The first-order valence-electron chi connectivity index (χ1n) is 17.2. The van der Waals surface area contributed by atoms with E-state index in [2.05, 4.69) is 16.7 Å². The molecule has 0 spiro atoms. The third-order valence-corrected chi connectivity index (χ3v) is 15.5. The van der Waals surface area contributed by atoms with Gasteiger partial charge in [-0.25, -0.2) is 0 Å². The zero-order valence-corrected chi connectivity index (χ0v) is 31.2. The van der Waals surface area contributed by atoms with Crippen molar-refractivity contribution in [3.05, 3.63) is 193 Å². The van der Waals surface area contributed by atoms with Gasteiger partial charge in [-0.2, -0.15) is 0 Å². The lowest BCUT2D eigenvalue weighted by Gasteiger charge is -2.20. The number of rotatable bonds is 10. The monoisotopic (exact) mass is 715 g/mol. The molecule has 256 valence electrons. The van der Waals surface area contributed by atoms with E-state index >= 15 is 0 Å². The molecule has 7 rings (SSSR count). The molecule has 7 heteroatoms. The Morgan fingerprint density at radius 1 is 0.385 bits per heavy atom. The maximum Gasteiger partial charge on any atom is 0.171 e. The van der Waals surface area contributed by atoms with Crippen LogP contribution in [-0.4, -0.2) is 16.0 Å². The molecule has 7 aromatic rings. The molecule has 0 atom stereocenters. The normalized spacial score (nSPS) is 12.5. The lowest BCUT2D eigenvalue weighted by Crippen LogP contribution is -2.24. The van der Waals surface area contributed by atoms with Gasteiger partial charge in [0.05, 0.1) is 34.2 Å². The van der Waals surface area contributed by atoms with Gasteiger partial charge in [0.1, 0.15) is 0 Å². The highest BCUT2D eigenvalue weighted by atomic mass is 31.2. The molecule has 0 unspecified atom stereocenters. The molecule has 0 saturated heterocycles. The van der Waals surface area contributed by atoms with Crippen LogP contribution in [0.3, 0.4) is 0 Å². The average Bonchev–Trinajstić information content (AvgIpc) is 3.60. The fourth-order valence-corrected chi connectivity index (χ4v) is 12.0. The minimum atomic E-state index is -3.05. The van der Waals surface area contributed by atoms with Gasteiger partial charge < -0.3 is 13.7 Å². The molecular formula is C45H39N3O2P2. The molecule has 0 aliphatic rings. The van der Waals surface area contributed by atoms with Gasteiger partial charge in [0, 0.05) is 38.9 Å². The SMILES string of the molecule is CC(=Nc1ccc(P(=O)(c2ccccc2)c2ccccc2)cc1)c1ccc(C(C)=Nc2ccc(P(=O)(c3ccccc3)c3ccccc3)cc2)n1C. The zero-order chi connectivity index (χ0) is 36.1.